The van der Waals surface area contributed by atoms with Crippen LogP contribution in [0.4, 0.5) is 5.82 Å². The number of aromatic amines is 1. The van der Waals surface area contributed by atoms with Crippen LogP contribution >= 0.6 is 11.6 Å². The molecule has 2 atom stereocenters. The second kappa shape index (κ2) is 5.26. The molecule has 2 aromatic rings. The van der Waals surface area contributed by atoms with Crippen molar-refractivity contribution in [3.05, 3.63) is 58.0 Å². The van der Waals surface area contributed by atoms with Crippen LogP contribution in [0.3, 0.4) is 0 Å². The SMILES string of the molecule is [C-]#[N+]C1C(C2CCC2)=Nc2[nH]ncc2C1c1ccccc1Cl. The molecule has 2 unspecified atom stereocenters. The Labute approximate surface area is 134 Å². The van der Waals surface area contributed by atoms with E-state index in [1.165, 1.54) is 6.42 Å². The summed E-state index contributed by atoms with van der Waals surface area (Å²) in [6.45, 7) is 7.74. The maximum absolute atomic E-state index is 7.74. The molecule has 110 valence electrons. The predicted octanol–water partition coefficient (Wildman–Crippen LogP) is 4.37. The highest BCUT2D eigenvalue weighted by Gasteiger charge is 2.44. The van der Waals surface area contributed by atoms with E-state index in [0.717, 1.165) is 35.5 Å². The number of H-pyrrole nitrogens is 1. The van der Waals surface area contributed by atoms with E-state index in [4.69, 9.17) is 23.2 Å². The maximum atomic E-state index is 7.74. The van der Waals surface area contributed by atoms with E-state index in [0.29, 0.717) is 10.9 Å². The van der Waals surface area contributed by atoms with Gasteiger partial charge in [0.15, 0.2) is 5.82 Å². The number of nitrogens with zero attached hydrogens (tertiary/aromatic N) is 3. The maximum Gasteiger partial charge on any atom is 0.272 e. The lowest BCUT2D eigenvalue weighted by atomic mass is 9.73. The first-order valence-electron chi connectivity index (χ1n) is 7.52. The van der Waals surface area contributed by atoms with Crippen molar-refractivity contribution in [2.24, 2.45) is 10.9 Å². The summed E-state index contributed by atoms with van der Waals surface area (Å²) in [5.41, 5.74) is 2.96. The number of aliphatic imine (C=N–C) groups is 1. The van der Waals surface area contributed by atoms with Crippen LogP contribution in [0.1, 0.15) is 36.3 Å². The Kier molecular flexibility index (Phi) is 3.24. The molecule has 1 aliphatic heterocycles. The van der Waals surface area contributed by atoms with Gasteiger partial charge in [0.2, 0.25) is 0 Å². The van der Waals surface area contributed by atoms with Crippen LogP contribution in [-0.2, 0) is 0 Å². The van der Waals surface area contributed by atoms with Crippen LogP contribution in [0.25, 0.3) is 4.85 Å². The molecule has 4 nitrogen and oxygen atoms in total. The monoisotopic (exact) mass is 310 g/mol. The number of rotatable bonds is 2. The third-order valence-corrected chi connectivity index (χ3v) is 5.09. The fraction of sp³-hybridized carbons (Fsp3) is 0.353. The Morgan fingerprint density at radius 2 is 2.05 bits per heavy atom. The molecule has 1 fully saturated rings. The highest BCUT2D eigenvalue weighted by Crippen LogP contribution is 2.45. The van der Waals surface area contributed by atoms with Gasteiger partial charge in [0.05, 0.1) is 12.1 Å². The normalized spacial score (nSPS) is 24.1. The van der Waals surface area contributed by atoms with E-state index < -0.39 is 0 Å². The Morgan fingerprint density at radius 3 is 2.73 bits per heavy atom. The highest BCUT2D eigenvalue weighted by atomic mass is 35.5. The zero-order valence-corrected chi connectivity index (χ0v) is 12.7. The van der Waals surface area contributed by atoms with Crippen LogP contribution in [0.2, 0.25) is 5.02 Å². The lowest BCUT2D eigenvalue weighted by molar-refractivity contribution is 0.404. The van der Waals surface area contributed by atoms with E-state index >= 15 is 0 Å². The van der Waals surface area contributed by atoms with Crippen molar-refractivity contribution in [1.29, 1.82) is 0 Å². The smallest absolute Gasteiger partial charge is 0.272 e. The number of hydrogen-bond acceptors (Lipinski definition) is 2. The fourth-order valence-electron chi connectivity index (χ4n) is 3.38. The van der Waals surface area contributed by atoms with Gasteiger partial charge in [0.25, 0.3) is 6.04 Å². The molecule has 22 heavy (non-hydrogen) atoms. The summed E-state index contributed by atoms with van der Waals surface area (Å²) >= 11 is 6.42. The Hall–Kier alpha value is -2.12. The van der Waals surface area contributed by atoms with Crippen molar-refractivity contribution >= 4 is 23.1 Å². The molecule has 1 saturated carbocycles. The van der Waals surface area contributed by atoms with Crippen LogP contribution < -0.4 is 0 Å². The third kappa shape index (κ3) is 1.97. The van der Waals surface area contributed by atoms with Crippen molar-refractivity contribution in [2.75, 3.05) is 0 Å². The first-order chi connectivity index (χ1) is 10.8. The van der Waals surface area contributed by atoms with Crippen molar-refractivity contribution in [3.8, 4) is 0 Å². The summed E-state index contributed by atoms with van der Waals surface area (Å²) in [7, 11) is 0. The summed E-state index contributed by atoms with van der Waals surface area (Å²) in [6.07, 6.45) is 5.26. The van der Waals surface area contributed by atoms with Gasteiger partial charge >= 0.3 is 0 Å². The molecule has 0 radical (unpaired) electrons. The molecule has 1 aliphatic carbocycles. The zero-order chi connectivity index (χ0) is 15.1. The van der Waals surface area contributed by atoms with Crippen LogP contribution in [0, 0.1) is 12.5 Å². The molecule has 0 spiro atoms. The number of halogens is 1. The third-order valence-electron chi connectivity index (χ3n) is 4.75. The summed E-state index contributed by atoms with van der Waals surface area (Å²) in [6, 6.07) is 7.49. The quantitative estimate of drug-likeness (QED) is 0.823. The number of fused-ring (bicyclic) bond motifs is 1. The van der Waals surface area contributed by atoms with Crippen LogP contribution in [0.5, 0.6) is 0 Å². The van der Waals surface area contributed by atoms with E-state index in [2.05, 4.69) is 15.0 Å². The summed E-state index contributed by atoms with van der Waals surface area (Å²) in [5.74, 6) is 1.13. The Bertz CT molecular complexity index is 782. The molecular weight excluding hydrogens is 296 g/mol. The van der Waals surface area contributed by atoms with Crippen molar-refractivity contribution < 1.29 is 0 Å². The summed E-state index contributed by atoms with van der Waals surface area (Å²) in [5, 5.41) is 7.81. The molecule has 2 aliphatic rings. The predicted molar refractivity (Wildman–Crippen MR) is 86.7 cm³/mol. The standard InChI is InChI=1S/C17H15ClN4/c1-19-16-14(11-7-2-3-8-13(11)18)12-9-20-22-17(12)21-15(16)10-5-4-6-10/h2-3,7-10,14,16H,4-6H2,(H,20,22). The average molecular weight is 311 g/mol. The van der Waals surface area contributed by atoms with Gasteiger partial charge in [-0.25, -0.2) is 11.6 Å². The number of benzene rings is 1. The molecule has 5 heteroatoms. The van der Waals surface area contributed by atoms with Gasteiger partial charge in [-0.2, -0.15) is 5.10 Å². The summed E-state index contributed by atoms with van der Waals surface area (Å²) in [4.78, 5) is 8.65. The summed E-state index contributed by atoms with van der Waals surface area (Å²) < 4.78 is 0. The molecule has 1 aromatic carbocycles. The second-order valence-electron chi connectivity index (χ2n) is 5.91. The average Bonchev–Trinajstić information content (AvgIpc) is 2.93. The zero-order valence-electron chi connectivity index (χ0n) is 12.0. The molecule has 2 heterocycles. The number of hydrogen-bond donors (Lipinski definition) is 1. The minimum Gasteiger partial charge on any atom is -0.306 e. The van der Waals surface area contributed by atoms with E-state index in [1.807, 2.05) is 24.3 Å². The lowest BCUT2D eigenvalue weighted by Crippen LogP contribution is -2.37. The van der Waals surface area contributed by atoms with Gasteiger partial charge < -0.3 is 4.85 Å². The minimum absolute atomic E-state index is 0.0898. The Morgan fingerprint density at radius 1 is 1.23 bits per heavy atom. The van der Waals surface area contributed by atoms with Crippen LogP contribution in [-0.4, -0.2) is 22.0 Å². The Balaban J connectivity index is 1.88. The first-order valence-corrected chi connectivity index (χ1v) is 7.90. The van der Waals surface area contributed by atoms with E-state index in [1.54, 1.807) is 6.20 Å². The highest BCUT2D eigenvalue weighted by molar-refractivity contribution is 6.31. The van der Waals surface area contributed by atoms with E-state index in [-0.39, 0.29) is 12.0 Å². The molecule has 1 aromatic heterocycles. The van der Waals surface area contributed by atoms with Crippen molar-refractivity contribution in [1.82, 2.24) is 10.2 Å². The molecule has 0 bridgehead atoms. The van der Waals surface area contributed by atoms with Gasteiger partial charge in [-0.3, -0.25) is 5.10 Å². The van der Waals surface area contributed by atoms with Gasteiger partial charge in [-0.1, -0.05) is 36.2 Å². The minimum atomic E-state index is -0.282. The van der Waals surface area contributed by atoms with Gasteiger partial charge in [0.1, 0.15) is 5.71 Å². The molecule has 0 saturated heterocycles. The van der Waals surface area contributed by atoms with Crippen LogP contribution in [0.15, 0.2) is 35.5 Å². The van der Waals surface area contributed by atoms with Crippen molar-refractivity contribution in [2.45, 2.75) is 31.2 Å². The van der Waals surface area contributed by atoms with Crippen molar-refractivity contribution in [3.63, 3.8) is 0 Å². The van der Waals surface area contributed by atoms with Gasteiger partial charge in [0, 0.05) is 16.5 Å². The van der Waals surface area contributed by atoms with Gasteiger partial charge in [-0.05, 0) is 24.5 Å². The van der Waals surface area contributed by atoms with E-state index in [9.17, 15) is 0 Å². The second-order valence-corrected chi connectivity index (χ2v) is 6.32. The fourth-order valence-corrected chi connectivity index (χ4v) is 3.64. The molecule has 1 N–H and O–H groups in total. The topological polar surface area (TPSA) is 45.4 Å². The molecular formula is C17H15ClN4. The molecule has 0 amide bonds. The number of aromatic nitrogens is 2. The van der Waals surface area contributed by atoms with Gasteiger partial charge in [-0.15, -0.1) is 0 Å². The number of nitrogens with one attached hydrogen (secondary N) is 1. The first kappa shape index (κ1) is 13.5. The molecule has 4 rings (SSSR count). The largest absolute Gasteiger partial charge is 0.306 e. The lowest BCUT2D eigenvalue weighted by Gasteiger charge is -2.32.